The Morgan fingerprint density at radius 1 is 0.172 bits per heavy atom. The van der Waals surface area contributed by atoms with Gasteiger partial charge in [-0.3, -0.25) is 0 Å². The van der Waals surface area contributed by atoms with Crippen molar-refractivity contribution in [1.82, 2.24) is 0 Å². The number of para-hydroxylation sites is 2. The first-order valence-electron chi connectivity index (χ1n) is 42.5. The average Bonchev–Trinajstić information content (AvgIpc) is 1.56. The molecule has 590 valence electrons. The molecule has 0 bridgehead atoms. The van der Waals surface area contributed by atoms with E-state index in [9.17, 15) is 0 Å². The zero-order chi connectivity index (χ0) is 82.8. The third kappa shape index (κ3) is 12.6. The lowest BCUT2D eigenvalue weighted by molar-refractivity contribution is 0.656. The Hall–Kier alpha value is -14.6. The molecule has 0 amide bonds. The molecule has 4 heterocycles. The molecular weight excluding hydrogens is 1490 g/mol. The first-order chi connectivity index (χ1) is 59.3. The normalized spacial score (nSPS) is 12.0. The molecule has 0 N–H and O–H groups in total. The van der Waals surface area contributed by atoms with Gasteiger partial charge < -0.3 is 37.3 Å². The number of hydrogen-bond acceptors (Lipinski definition) is 8. The van der Waals surface area contributed by atoms with E-state index in [1.807, 2.05) is 0 Å². The van der Waals surface area contributed by atoms with Crippen LogP contribution >= 0.6 is 0 Å². The highest BCUT2D eigenvalue weighted by Crippen LogP contribution is 2.49. The number of fused-ring (bicyclic) bond motifs is 16. The highest BCUT2D eigenvalue weighted by atomic mass is 16.4. The van der Waals surface area contributed by atoms with Crippen molar-refractivity contribution in [3.63, 3.8) is 0 Å². The predicted molar refractivity (Wildman–Crippen MR) is 515 cm³/mol. The van der Waals surface area contributed by atoms with Crippen LogP contribution in [0.4, 0.5) is 68.2 Å². The molecule has 0 fully saturated rings. The van der Waals surface area contributed by atoms with E-state index in [1.165, 1.54) is 77.9 Å². The smallest absolute Gasteiger partial charge is 0.139 e. The number of aryl methyl sites for hydroxylation is 14. The van der Waals surface area contributed by atoms with Crippen molar-refractivity contribution in [2.45, 2.75) is 95.9 Å². The molecule has 0 radical (unpaired) electrons. The predicted octanol–water partition coefficient (Wildman–Crippen LogP) is 33.3. The van der Waals surface area contributed by atoms with Gasteiger partial charge in [0.1, 0.15) is 44.7 Å². The van der Waals surface area contributed by atoms with Crippen molar-refractivity contribution in [2.24, 2.45) is 0 Å². The zero-order valence-corrected chi connectivity index (χ0v) is 70.7. The SMILES string of the molecule is Cc1ccc(N(c2ccc3cc4c(cc3c2)oc2cc3oc5cc6cc(N(c7ccccc7C)c7ccc(CCc8ccc(N(c9ccc%10cc%11c(cc%10c9)oc9cc%10oc%12cc%13cc(N(c%14ccc(C)cc%14C)c%14ccc(C)cc%14C)ccc%13cc%12c%10cc9%11)c9ccc(C)cc9C)c(C)c8)cc7C)ccc6cc5c3cc24)c2ccccc2C)c(C)c1. The van der Waals surface area contributed by atoms with E-state index in [0.717, 1.165) is 212 Å². The molecule has 0 spiro atoms. The van der Waals surface area contributed by atoms with Gasteiger partial charge in [0.2, 0.25) is 0 Å². The molecule has 0 aliphatic rings. The number of furan rings is 4. The van der Waals surface area contributed by atoms with Gasteiger partial charge in [0, 0.05) is 123 Å². The summed E-state index contributed by atoms with van der Waals surface area (Å²) < 4.78 is 27.2. The monoisotopic (exact) mass is 1580 g/mol. The van der Waals surface area contributed by atoms with Gasteiger partial charge in [-0.1, -0.05) is 156 Å². The Morgan fingerprint density at radius 3 is 0.656 bits per heavy atom. The standard InChI is InChI=1S/C114H90N4O4/c1-65-21-37-101(71(7)43-65)115(99-19-15-13-17-69(99)5)87-33-29-79-53-91-95-61-96-92-54-80-30-34-88(50-84(80)58-108(92)120-112(96)63-111(95)119-107(91)57-83(79)49-87)116(100-20-16-14-18-70(100)6)105-41-27-77(47-75(105)11)25-26-78-28-42-106(76(12)48-78)118(104-40-24-68(4)46-74(104)10)90-36-32-82-56-94-98-62-97-93-55-81-31-35-89(117(102-38-22-66(2)44-72(102)8)103-39-23-67(3)45-73(103)9)51-85(81)59-109(93)121-113(97)64-114(98)122-110(94)60-86(82)52-90/h13-24,27-64H,25-26H2,1-12H3. The van der Waals surface area contributed by atoms with Crippen LogP contribution in [0.1, 0.15) is 77.9 Å². The van der Waals surface area contributed by atoms with E-state index in [-0.39, 0.29) is 0 Å². The highest BCUT2D eigenvalue weighted by Gasteiger charge is 2.26. The topological polar surface area (TPSA) is 65.5 Å². The Kier molecular flexibility index (Phi) is 17.3. The first-order valence-corrected chi connectivity index (χ1v) is 42.5. The summed E-state index contributed by atoms with van der Waals surface area (Å²) in [6, 6.07) is 112. The lowest BCUT2D eigenvalue weighted by atomic mass is 9.98. The van der Waals surface area contributed by atoms with Crippen molar-refractivity contribution in [3.8, 4) is 0 Å². The fourth-order valence-corrected chi connectivity index (χ4v) is 19.6. The van der Waals surface area contributed by atoms with Gasteiger partial charge in [0.05, 0.1) is 0 Å². The van der Waals surface area contributed by atoms with Gasteiger partial charge in [-0.15, -0.1) is 0 Å². The largest absolute Gasteiger partial charge is 0.456 e. The molecule has 0 saturated heterocycles. The average molecular weight is 1580 g/mol. The maximum absolute atomic E-state index is 6.84. The summed E-state index contributed by atoms with van der Waals surface area (Å²) in [5.74, 6) is 0. The molecule has 0 atom stereocenters. The summed E-state index contributed by atoms with van der Waals surface area (Å²) >= 11 is 0. The fourth-order valence-electron chi connectivity index (χ4n) is 19.6. The van der Waals surface area contributed by atoms with E-state index in [2.05, 4.69) is 406 Å². The van der Waals surface area contributed by atoms with Crippen molar-refractivity contribution < 1.29 is 17.7 Å². The molecule has 8 heteroatoms. The van der Waals surface area contributed by atoms with Crippen LogP contribution in [0.2, 0.25) is 0 Å². The van der Waals surface area contributed by atoms with Crippen molar-refractivity contribution in [1.29, 1.82) is 0 Å². The molecular formula is C114H90N4O4. The number of anilines is 12. The molecule has 0 aliphatic carbocycles. The van der Waals surface area contributed by atoms with Gasteiger partial charge in [0.25, 0.3) is 0 Å². The number of rotatable bonds is 15. The van der Waals surface area contributed by atoms with Crippen LogP contribution in [0.25, 0.3) is 131 Å². The van der Waals surface area contributed by atoms with E-state index in [4.69, 9.17) is 17.7 Å². The second kappa shape index (κ2) is 28.6. The summed E-state index contributed by atoms with van der Waals surface area (Å²) in [7, 11) is 0. The molecule has 22 aromatic rings. The summed E-state index contributed by atoms with van der Waals surface area (Å²) in [5.41, 5.74) is 37.4. The fraction of sp³-hybridized carbons (Fsp3) is 0.123. The zero-order valence-electron chi connectivity index (χ0n) is 70.7. The Bertz CT molecular complexity index is 8110. The van der Waals surface area contributed by atoms with Crippen LogP contribution in [-0.2, 0) is 12.8 Å². The van der Waals surface area contributed by atoms with Gasteiger partial charge in [0.15, 0.2) is 0 Å². The second-order valence-corrected chi connectivity index (χ2v) is 34.4. The quantitative estimate of drug-likeness (QED) is 0.101. The van der Waals surface area contributed by atoms with Gasteiger partial charge in [-0.25, -0.2) is 0 Å². The Labute approximate surface area is 708 Å². The van der Waals surface area contributed by atoms with Gasteiger partial charge >= 0.3 is 0 Å². The van der Waals surface area contributed by atoms with Crippen LogP contribution in [0.15, 0.2) is 321 Å². The summed E-state index contributed by atoms with van der Waals surface area (Å²) in [4.78, 5) is 9.64. The number of hydrogen-bond donors (Lipinski definition) is 0. The minimum absolute atomic E-state index is 0.799. The summed E-state index contributed by atoms with van der Waals surface area (Å²) in [6.45, 7) is 26.4. The maximum atomic E-state index is 6.84. The molecule has 122 heavy (non-hydrogen) atoms. The van der Waals surface area contributed by atoms with Crippen LogP contribution in [-0.4, -0.2) is 0 Å². The molecule has 0 saturated carbocycles. The lowest BCUT2D eigenvalue weighted by Gasteiger charge is -2.29. The highest BCUT2D eigenvalue weighted by molar-refractivity contribution is 6.21. The van der Waals surface area contributed by atoms with E-state index < -0.39 is 0 Å². The van der Waals surface area contributed by atoms with Crippen molar-refractivity contribution >= 4 is 199 Å². The minimum atomic E-state index is 0.799. The Morgan fingerprint density at radius 2 is 0.402 bits per heavy atom. The number of benzene rings is 18. The molecule has 18 aromatic carbocycles. The van der Waals surface area contributed by atoms with Crippen molar-refractivity contribution in [2.75, 3.05) is 19.6 Å². The van der Waals surface area contributed by atoms with Crippen LogP contribution in [0.5, 0.6) is 0 Å². The van der Waals surface area contributed by atoms with Crippen molar-refractivity contribution in [3.05, 3.63) is 381 Å². The molecule has 4 aromatic heterocycles. The van der Waals surface area contributed by atoms with Crippen LogP contribution < -0.4 is 19.6 Å². The molecule has 0 aliphatic heterocycles. The minimum Gasteiger partial charge on any atom is -0.456 e. The summed E-state index contributed by atoms with van der Waals surface area (Å²) in [5, 5.41) is 17.6. The molecule has 0 unspecified atom stereocenters. The maximum Gasteiger partial charge on any atom is 0.139 e. The third-order valence-electron chi connectivity index (χ3n) is 25.7. The van der Waals surface area contributed by atoms with Gasteiger partial charge in [-0.05, 0) is 352 Å². The third-order valence-corrected chi connectivity index (χ3v) is 25.7. The van der Waals surface area contributed by atoms with Crippen LogP contribution in [0, 0.1) is 83.1 Å². The lowest BCUT2D eigenvalue weighted by Crippen LogP contribution is -2.13. The van der Waals surface area contributed by atoms with E-state index in [1.54, 1.807) is 0 Å². The second-order valence-electron chi connectivity index (χ2n) is 34.4. The molecule has 8 nitrogen and oxygen atoms in total. The molecule has 22 rings (SSSR count). The van der Waals surface area contributed by atoms with E-state index in [0.29, 0.717) is 0 Å². The van der Waals surface area contributed by atoms with E-state index >= 15 is 0 Å². The summed E-state index contributed by atoms with van der Waals surface area (Å²) in [6.07, 6.45) is 1.78. The number of nitrogens with zero attached hydrogens (tertiary/aromatic N) is 4. The van der Waals surface area contributed by atoms with Crippen LogP contribution in [0.3, 0.4) is 0 Å². The first kappa shape index (κ1) is 73.7. The Balaban J connectivity index is 0.532. The van der Waals surface area contributed by atoms with Gasteiger partial charge in [-0.2, -0.15) is 0 Å².